The second kappa shape index (κ2) is 9.65. The normalized spacial score (nSPS) is 11.3. The van der Waals surface area contributed by atoms with Crippen LogP contribution in [-0.2, 0) is 9.59 Å². The molecule has 8 heteroatoms. The van der Waals surface area contributed by atoms with Crippen LogP contribution in [0.5, 0.6) is 5.75 Å². The SMILES string of the molecule is NCC[C@H](Oc1ccc(F)c2ccsc12)c1ccccc1.O=C(O)C(=O)O. The molecule has 1 aromatic heterocycles. The molecule has 0 bridgehead atoms. The first-order chi connectivity index (χ1) is 12.9. The summed E-state index contributed by atoms with van der Waals surface area (Å²) in [5.41, 5.74) is 6.78. The molecule has 0 saturated heterocycles. The van der Waals surface area contributed by atoms with Crippen molar-refractivity contribution >= 4 is 33.4 Å². The van der Waals surface area contributed by atoms with Crippen LogP contribution in [-0.4, -0.2) is 28.7 Å². The van der Waals surface area contributed by atoms with Gasteiger partial charge < -0.3 is 20.7 Å². The van der Waals surface area contributed by atoms with Gasteiger partial charge in [-0.2, -0.15) is 0 Å². The summed E-state index contributed by atoms with van der Waals surface area (Å²) in [5, 5.41) is 17.3. The molecule has 0 aliphatic carbocycles. The molecule has 0 amide bonds. The number of fused-ring (bicyclic) bond motifs is 1. The van der Waals surface area contributed by atoms with Gasteiger partial charge in [-0.1, -0.05) is 30.3 Å². The van der Waals surface area contributed by atoms with Crippen molar-refractivity contribution in [1.82, 2.24) is 0 Å². The lowest BCUT2D eigenvalue weighted by Gasteiger charge is -2.19. The number of ether oxygens (including phenoxy) is 1. The minimum absolute atomic E-state index is 0.119. The molecule has 0 spiro atoms. The van der Waals surface area contributed by atoms with Crippen LogP contribution in [0.15, 0.2) is 53.9 Å². The highest BCUT2D eigenvalue weighted by Gasteiger charge is 2.15. The number of thiophene rings is 1. The van der Waals surface area contributed by atoms with Gasteiger partial charge in [-0.25, -0.2) is 14.0 Å². The highest BCUT2D eigenvalue weighted by molar-refractivity contribution is 7.17. The first-order valence-electron chi connectivity index (χ1n) is 7.97. The Kier molecular flexibility index (Phi) is 7.27. The third kappa shape index (κ3) is 5.50. The van der Waals surface area contributed by atoms with E-state index in [1.54, 1.807) is 12.1 Å². The second-order valence-corrected chi connectivity index (χ2v) is 6.33. The number of hydrogen-bond acceptors (Lipinski definition) is 5. The molecular formula is C19H18FNO5S. The van der Waals surface area contributed by atoms with Crippen LogP contribution in [0.25, 0.3) is 10.1 Å². The van der Waals surface area contributed by atoms with E-state index in [1.165, 1.54) is 17.4 Å². The Morgan fingerprint density at radius 1 is 1.07 bits per heavy atom. The van der Waals surface area contributed by atoms with E-state index in [2.05, 4.69) is 0 Å². The zero-order valence-electron chi connectivity index (χ0n) is 14.2. The monoisotopic (exact) mass is 391 g/mol. The smallest absolute Gasteiger partial charge is 0.414 e. The highest BCUT2D eigenvalue weighted by atomic mass is 32.1. The minimum Gasteiger partial charge on any atom is -0.484 e. The van der Waals surface area contributed by atoms with Crippen molar-refractivity contribution in [1.29, 1.82) is 0 Å². The quantitative estimate of drug-likeness (QED) is 0.573. The molecule has 0 radical (unpaired) electrons. The standard InChI is InChI=1S/C17H16FNOS.C2H2O4/c18-14-6-7-16(17-13(14)9-11-21-17)20-15(8-10-19)12-4-2-1-3-5-12;3-1(4)2(5)6/h1-7,9,11,15H,8,10,19H2;(H,3,4)(H,5,6)/t15-;/m0./s1. The van der Waals surface area contributed by atoms with Crippen molar-refractivity contribution in [3.05, 3.63) is 65.3 Å². The van der Waals surface area contributed by atoms with Crippen LogP contribution in [0.1, 0.15) is 18.1 Å². The summed E-state index contributed by atoms with van der Waals surface area (Å²) in [6.07, 6.45) is 0.598. The Bertz CT molecular complexity index is 901. The van der Waals surface area contributed by atoms with Crippen LogP contribution in [0.2, 0.25) is 0 Å². The molecule has 3 aromatic rings. The molecule has 0 saturated carbocycles. The van der Waals surface area contributed by atoms with Crippen molar-refractivity contribution in [2.24, 2.45) is 5.73 Å². The third-order valence-corrected chi connectivity index (χ3v) is 4.51. The lowest BCUT2D eigenvalue weighted by Crippen LogP contribution is -2.13. The molecule has 0 unspecified atom stereocenters. The number of hydrogen-bond donors (Lipinski definition) is 3. The molecule has 4 N–H and O–H groups in total. The summed E-state index contributed by atoms with van der Waals surface area (Å²) >= 11 is 1.49. The molecule has 2 aromatic carbocycles. The van der Waals surface area contributed by atoms with Crippen molar-refractivity contribution in [2.45, 2.75) is 12.5 Å². The summed E-state index contributed by atoms with van der Waals surface area (Å²) in [7, 11) is 0. The van der Waals surface area contributed by atoms with E-state index in [1.807, 2.05) is 35.7 Å². The first-order valence-corrected chi connectivity index (χ1v) is 8.85. The van der Waals surface area contributed by atoms with Crippen LogP contribution in [0.4, 0.5) is 4.39 Å². The van der Waals surface area contributed by atoms with E-state index >= 15 is 0 Å². The Morgan fingerprint density at radius 2 is 1.74 bits per heavy atom. The summed E-state index contributed by atoms with van der Waals surface area (Å²) in [5.74, 6) is -3.15. The molecule has 1 atom stereocenters. The van der Waals surface area contributed by atoms with Gasteiger partial charge in [0, 0.05) is 11.8 Å². The van der Waals surface area contributed by atoms with Crippen LogP contribution in [0, 0.1) is 5.82 Å². The number of carboxylic acids is 2. The molecule has 1 heterocycles. The number of nitrogens with two attached hydrogens (primary N) is 1. The molecule has 142 valence electrons. The third-order valence-electron chi connectivity index (χ3n) is 3.58. The molecular weight excluding hydrogens is 373 g/mol. The fourth-order valence-electron chi connectivity index (χ4n) is 2.36. The van der Waals surface area contributed by atoms with Crippen molar-refractivity contribution in [3.8, 4) is 5.75 Å². The van der Waals surface area contributed by atoms with Gasteiger partial charge in [0.2, 0.25) is 0 Å². The Hall–Kier alpha value is -2.97. The lowest BCUT2D eigenvalue weighted by molar-refractivity contribution is -0.159. The average molecular weight is 391 g/mol. The van der Waals surface area contributed by atoms with Crippen molar-refractivity contribution < 1.29 is 28.9 Å². The van der Waals surface area contributed by atoms with E-state index in [4.69, 9.17) is 30.3 Å². The van der Waals surface area contributed by atoms with Crippen LogP contribution >= 0.6 is 11.3 Å². The predicted octanol–water partition coefficient (Wildman–Crippen LogP) is 3.66. The van der Waals surface area contributed by atoms with Gasteiger partial charge in [-0.05, 0) is 35.7 Å². The van der Waals surface area contributed by atoms with Crippen molar-refractivity contribution in [3.63, 3.8) is 0 Å². The van der Waals surface area contributed by atoms with E-state index < -0.39 is 11.9 Å². The molecule has 0 fully saturated rings. The number of benzene rings is 2. The fourth-order valence-corrected chi connectivity index (χ4v) is 3.23. The van der Waals surface area contributed by atoms with E-state index in [0.29, 0.717) is 24.1 Å². The minimum atomic E-state index is -1.82. The molecule has 27 heavy (non-hydrogen) atoms. The van der Waals surface area contributed by atoms with Crippen LogP contribution in [0.3, 0.4) is 0 Å². The molecule has 0 aliphatic rings. The van der Waals surface area contributed by atoms with Gasteiger partial charge in [-0.3, -0.25) is 0 Å². The maximum atomic E-state index is 13.7. The first kappa shape index (κ1) is 20.3. The summed E-state index contributed by atoms with van der Waals surface area (Å²) < 4.78 is 20.7. The highest BCUT2D eigenvalue weighted by Crippen LogP contribution is 2.35. The number of halogens is 1. The van der Waals surface area contributed by atoms with E-state index in [0.717, 1.165) is 10.3 Å². The number of carboxylic acid groups (broad SMARTS) is 2. The Balaban J connectivity index is 0.000000380. The molecule has 6 nitrogen and oxygen atoms in total. The average Bonchev–Trinajstić information content (AvgIpc) is 3.15. The van der Waals surface area contributed by atoms with Crippen LogP contribution < -0.4 is 10.5 Å². The fraction of sp³-hybridized carbons (Fsp3) is 0.158. The van der Waals surface area contributed by atoms with Crippen molar-refractivity contribution in [2.75, 3.05) is 6.54 Å². The summed E-state index contributed by atoms with van der Waals surface area (Å²) in [6.45, 7) is 0.536. The van der Waals surface area contributed by atoms with Gasteiger partial charge in [0.25, 0.3) is 0 Å². The lowest BCUT2D eigenvalue weighted by atomic mass is 10.1. The number of aliphatic carboxylic acids is 2. The van der Waals surface area contributed by atoms with Gasteiger partial charge in [0.05, 0.1) is 4.70 Å². The van der Waals surface area contributed by atoms with Gasteiger partial charge in [0.1, 0.15) is 17.7 Å². The topological polar surface area (TPSA) is 110 Å². The zero-order valence-corrected chi connectivity index (χ0v) is 15.0. The second-order valence-electron chi connectivity index (χ2n) is 5.41. The molecule has 3 rings (SSSR count). The zero-order chi connectivity index (χ0) is 19.8. The number of rotatable bonds is 5. The maximum absolute atomic E-state index is 13.7. The largest absolute Gasteiger partial charge is 0.484 e. The summed E-state index contributed by atoms with van der Waals surface area (Å²) in [6, 6.07) is 14.9. The maximum Gasteiger partial charge on any atom is 0.414 e. The van der Waals surface area contributed by atoms with Gasteiger partial charge in [-0.15, -0.1) is 11.3 Å². The Morgan fingerprint density at radius 3 is 2.33 bits per heavy atom. The Labute approximate surface area is 158 Å². The molecule has 0 aliphatic heterocycles. The van der Waals surface area contributed by atoms with Gasteiger partial charge in [0.15, 0.2) is 0 Å². The number of carbonyl (C=O) groups is 2. The van der Waals surface area contributed by atoms with E-state index in [-0.39, 0.29) is 11.9 Å². The van der Waals surface area contributed by atoms with Gasteiger partial charge >= 0.3 is 11.9 Å². The summed E-state index contributed by atoms with van der Waals surface area (Å²) in [4.78, 5) is 18.2. The predicted molar refractivity (Wildman–Crippen MR) is 101 cm³/mol. The van der Waals surface area contributed by atoms with E-state index in [9.17, 15) is 4.39 Å².